The summed E-state index contributed by atoms with van der Waals surface area (Å²) in [5.41, 5.74) is 1.95. The summed E-state index contributed by atoms with van der Waals surface area (Å²) in [5.74, 6) is 1.34. The summed E-state index contributed by atoms with van der Waals surface area (Å²) in [6.45, 7) is 6.08. The number of rotatable bonds is 13. The van der Waals surface area contributed by atoms with E-state index in [-0.39, 0.29) is 31.4 Å². The lowest BCUT2D eigenvalue weighted by Gasteiger charge is -2.16. The van der Waals surface area contributed by atoms with Crippen molar-refractivity contribution in [2.24, 2.45) is 0 Å². The van der Waals surface area contributed by atoms with Crippen LogP contribution in [0.1, 0.15) is 24.5 Å². The zero-order chi connectivity index (χ0) is 21.1. The van der Waals surface area contributed by atoms with Crippen molar-refractivity contribution in [3.63, 3.8) is 0 Å². The molecular weight excluding hydrogens is 550 g/mol. The number of ether oxygens (including phenoxy) is 2. The number of hydrogen-bond donors (Lipinski definition) is 3. The summed E-state index contributed by atoms with van der Waals surface area (Å²) >= 11 is 15.8. The largest absolute Gasteiger partial charge is 0.490 e. The van der Waals surface area contributed by atoms with E-state index in [1.165, 1.54) is 0 Å². The molecule has 0 spiro atoms. The first kappa shape index (κ1) is 30.6. The van der Waals surface area contributed by atoms with Gasteiger partial charge >= 0.3 is 0 Å². The molecule has 31 heavy (non-hydrogen) atoms. The Morgan fingerprint density at radius 2 is 1.74 bits per heavy atom. The molecule has 0 aromatic heterocycles. The Hall–Kier alpha value is -0.440. The Labute approximate surface area is 215 Å². The Morgan fingerprint density at radius 1 is 1.00 bits per heavy atom. The number of halogens is 5. The average molecular weight is 579 g/mol. The van der Waals surface area contributed by atoms with E-state index in [9.17, 15) is 0 Å². The summed E-state index contributed by atoms with van der Waals surface area (Å²) in [5, 5.41) is 16.5. The van der Waals surface area contributed by atoms with Gasteiger partial charge in [0.1, 0.15) is 6.61 Å². The van der Waals surface area contributed by atoms with Crippen LogP contribution in [0.2, 0.25) is 10.0 Å². The predicted molar refractivity (Wildman–Crippen MR) is 137 cm³/mol. The van der Waals surface area contributed by atoms with Crippen molar-refractivity contribution in [1.29, 1.82) is 0 Å². The van der Waals surface area contributed by atoms with Crippen LogP contribution in [0.3, 0.4) is 0 Å². The number of nitrogens with one attached hydrogen (secondary N) is 2. The molecule has 10 heteroatoms. The van der Waals surface area contributed by atoms with E-state index in [2.05, 4.69) is 26.6 Å². The van der Waals surface area contributed by atoms with Crippen LogP contribution < -0.4 is 20.1 Å². The van der Waals surface area contributed by atoms with Gasteiger partial charge in [0.25, 0.3) is 0 Å². The highest BCUT2D eigenvalue weighted by Crippen LogP contribution is 2.38. The van der Waals surface area contributed by atoms with E-state index in [0.717, 1.165) is 41.7 Å². The van der Waals surface area contributed by atoms with Gasteiger partial charge in [0.15, 0.2) is 11.5 Å². The normalized spacial score (nSPS) is 10.2. The summed E-state index contributed by atoms with van der Waals surface area (Å²) in [7, 11) is 0. The Kier molecular flexibility index (Phi) is 16.8. The van der Waals surface area contributed by atoms with Crippen LogP contribution in [0.4, 0.5) is 0 Å². The lowest BCUT2D eigenvalue weighted by molar-refractivity contribution is 0.267. The molecule has 0 heterocycles. The summed E-state index contributed by atoms with van der Waals surface area (Å²) in [6, 6.07) is 9.36. The van der Waals surface area contributed by atoms with Gasteiger partial charge in [0.2, 0.25) is 0 Å². The molecule has 0 amide bonds. The van der Waals surface area contributed by atoms with Crippen molar-refractivity contribution >= 4 is 63.9 Å². The molecule has 2 rings (SSSR count). The van der Waals surface area contributed by atoms with Crippen LogP contribution in [-0.4, -0.2) is 38.0 Å². The molecule has 0 bridgehead atoms. The number of hydrogen-bond acceptors (Lipinski definition) is 5. The minimum atomic E-state index is 0. The van der Waals surface area contributed by atoms with E-state index in [1.54, 1.807) is 12.1 Å². The summed E-state index contributed by atoms with van der Waals surface area (Å²) in [4.78, 5) is 0. The van der Waals surface area contributed by atoms with Gasteiger partial charge in [0.05, 0.1) is 17.7 Å². The smallest absolute Gasteiger partial charge is 0.175 e. The van der Waals surface area contributed by atoms with Gasteiger partial charge in [0, 0.05) is 28.7 Å². The average Bonchev–Trinajstić information content (AvgIpc) is 2.68. The molecule has 5 nitrogen and oxygen atoms in total. The van der Waals surface area contributed by atoms with Crippen LogP contribution >= 0.6 is 63.9 Å². The molecule has 0 aliphatic rings. The second kappa shape index (κ2) is 17.1. The van der Waals surface area contributed by atoms with Crippen molar-refractivity contribution < 1.29 is 14.6 Å². The van der Waals surface area contributed by atoms with Gasteiger partial charge in [-0.05, 0) is 72.2 Å². The van der Waals surface area contributed by atoms with Crippen molar-refractivity contribution in [2.45, 2.75) is 26.5 Å². The van der Waals surface area contributed by atoms with Crippen molar-refractivity contribution in [3.05, 3.63) is 56.0 Å². The van der Waals surface area contributed by atoms with E-state index in [1.807, 2.05) is 25.1 Å². The first-order valence-corrected chi connectivity index (χ1v) is 11.1. The fourth-order valence-corrected chi connectivity index (χ4v) is 3.76. The fourth-order valence-electron chi connectivity index (χ4n) is 2.69. The van der Waals surface area contributed by atoms with E-state index >= 15 is 0 Å². The molecule has 0 saturated heterocycles. The molecule has 0 saturated carbocycles. The van der Waals surface area contributed by atoms with Gasteiger partial charge in [-0.2, -0.15) is 0 Å². The van der Waals surface area contributed by atoms with E-state index < -0.39 is 0 Å². The maximum atomic E-state index is 8.75. The molecule has 0 fully saturated rings. The zero-order valence-electron chi connectivity index (χ0n) is 17.3. The molecule has 2 aromatic carbocycles. The Morgan fingerprint density at radius 3 is 2.42 bits per heavy atom. The van der Waals surface area contributed by atoms with E-state index in [0.29, 0.717) is 41.3 Å². The van der Waals surface area contributed by atoms with Gasteiger partial charge in [-0.3, -0.25) is 0 Å². The van der Waals surface area contributed by atoms with Crippen LogP contribution in [0.15, 0.2) is 34.8 Å². The Bertz CT molecular complexity index is 785. The van der Waals surface area contributed by atoms with Gasteiger partial charge < -0.3 is 25.2 Å². The SMILES string of the molecule is CCOc1cc(CNCCCNCCO)cc(Br)c1OCc1ccc(Cl)cc1Cl.Cl.Cl. The summed E-state index contributed by atoms with van der Waals surface area (Å²) in [6.07, 6.45) is 0.989. The van der Waals surface area contributed by atoms with Gasteiger partial charge in [-0.15, -0.1) is 24.8 Å². The van der Waals surface area contributed by atoms with Crippen LogP contribution in [0.5, 0.6) is 11.5 Å². The van der Waals surface area contributed by atoms with Gasteiger partial charge in [-0.1, -0.05) is 29.3 Å². The third kappa shape index (κ3) is 10.8. The highest BCUT2D eigenvalue weighted by atomic mass is 79.9. The first-order valence-electron chi connectivity index (χ1n) is 9.59. The second-order valence-electron chi connectivity index (χ2n) is 6.37. The molecule has 0 radical (unpaired) electrons. The maximum absolute atomic E-state index is 8.75. The second-order valence-corrected chi connectivity index (χ2v) is 8.06. The van der Waals surface area contributed by atoms with Crippen LogP contribution in [-0.2, 0) is 13.2 Å². The third-order valence-corrected chi connectivity index (χ3v) is 5.26. The molecule has 3 N–H and O–H groups in total. The lowest BCUT2D eigenvalue weighted by atomic mass is 10.2. The van der Waals surface area contributed by atoms with Crippen LogP contribution in [0, 0.1) is 0 Å². The topological polar surface area (TPSA) is 62.8 Å². The standard InChI is InChI=1S/C21H27BrCl2N2O3.2ClH/c1-2-28-20-11-15(13-26-7-3-6-25-8-9-27)10-18(22)21(20)29-14-16-4-5-17(23)12-19(16)24;;/h4-5,10-12,25-27H,2-3,6-9,13-14H2,1H3;2*1H. The highest BCUT2D eigenvalue weighted by molar-refractivity contribution is 9.10. The Balaban J connectivity index is 0.00000450. The monoisotopic (exact) mass is 576 g/mol. The van der Waals surface area contributed by atoms with Crippen molar-refractivity contribution in [2.75, 3.05) is 32.8 Å². The van der Waals surface area contributed by atoms with Gasteiger partial charge in [-0.25, -0.2) is 0 Å². The molecule has 176 valence electrons. The van der Waals surface area contributed by atoms with Crippen molar-refractivity contribution in [3.8, 4) is 11.5 Å². The minimum absolute atomic E-state index is 0. The first-order chi connectivity index (χ1) is 14.0. The molecule has 0 aliphatic heterocycles. The molecule has 2 aromatic rings. The molecule has 0 atom stereocenters. The molecule has 0 aliphatic carbocycles. The molecular formula is C21H29BrCl4N2O3. The maximum Gasteiger partial charge on any atom is 0.175 e. The zero-order valence-corrected chi connectivity index (χ0v) is 22.0. The number of aliphatic hydroxyl groups excluding tert-OH is 1. The van der Waals surface area contributed by atoms with Crippen LogP contribution in [0.25, 0.3) is 0 Å². The number of benzene rings is 2. The predicted octanol–water partition coefficient (Wildman–Crippen LogP) is 5.64. The quantitative estimate of drug-likeness (QED) is 0.269. The lowest BCUT2D eigenvalue weighted by Crippen LogP contribution is -2.23. The minimum Gasteiger partial charge on any atom is -0.490 e. The van der Waals surface area contributed by atoms with Crippen molar-refractivity contribution in [1.82, 2.24) is 10.6 Å². The highest BCUT2D eigenvalue weighted by Gasteiger charge is 2.13. The van der Waals surface area contributed by atoms with E-state index in [4.69, 9.17) is 37.8 Å². The number of aliphatic hydroxyl groups is 1. The molecule has 0 unspecified atom stereocenters. The fraction of sp³-hybridized carbons (Fsp3) is 0.429. The summed E-state index contributed by atoms with van der Waals surface area (Å²) < 4.78 is 12.6. The third-order valence-electron chi connectivity index (χ3n) is 4.08.